The van der Waals surface area contributed by atoms with Crippen molar-refractivity contribution in [3.63, 3.8) is 0 Å². The smallest absolute Gasteiger partial charge is 0.322 e. The average Bonchev–Trinajstić information content (AvgIpc) is 2.85. The van der Waals surface area contributed by atoms with Gasteiger partial charge in [0.25, 0.3) is 5.95 Å². The van der Waals surface area contributed by atoms with E-state index < -0.39 is 0 Å². The van der Waals surface area contributed by atoms with Gasteiger partial charge in [0.1, 0.15) is 12.4 Å². The van der Waals surface area contributed by atoms with Crippen molar-refractivity contribution in [1.82, 2.24) is 15.0 Å². The summed E-state index contributed by atoms with van der Waals surface area (Å²) in [7, 11) is 1.50. The highest BCUT2D eigenvalue weighted by atomic mass is 79.9. The summed E-state index contributed by atoms with van der Waals surface area (Å²) >= 11 is 19.3. The van der Waals surface area contributed by atoms with Crippen LogP contribution >= 0.6 is 55.1 Å². The van der Waals surface area contributed by atoms with Crippen LogP contribution in [0.5, 0.6) is 11.8 Å². The summed E-state index contributed by atoms with van der Waals surface area (Å²) < 4.78 is 18.3. The number of benzene rings is 2. The highest BCUT2D eigenvalue weighted by Gasteiger charge is 2.17. The van der Waals surface area contributed by atoms with Crippen LogP contribution in [0.1, 0.15) is 11.1 Å². The fourth-order valence-electron chi connectivity index (χ4n) is 3.17. The number of morpholine rings is 1. The van der Waals surface area contributed by atoms with Gasteiger partial charge in [-0.2, -0.15) is 20.1 Å². The van der Waals surface area contributed by atoms with Crippen molar-refractivity contribution >= 4 is 73.2 Å². The van der Waals surface area contributed by atoms with E-state index in [0.29, 0.717) is 53.6 Å². The van der Waals surface area contributed by atoms with Gasteiger partial charge in [-0.1, -0.05) is 45.2 Å². The Bertz CT molecular complexity index is 1230. The molecule has 0 atom stereocenters. The first kappa shape index (κ1) is 25.9. The number of anilines is 2. The van der Waals surface area contributed by atoms with Crippen LogP contribution < -0.4 is 19.8 Å². The summed E-state index contributed by atoms with van der Waals surface area (Å²) in [6.07, 6.45) is 1.61. The van der Waals surface area contributed by atoms with E-state index in [0.717, 1.165) is 14.5 Å². The molecule has 0 bridgehead atoms. The molecule has 9 nitrogen and oxygen atoms in total. The maximum Gasteiger partial charge on any atom is 0.322 e. The maximum atomic E-state index is 6.29. The van der Waals surface area contributed by atoms with Gasteiger partial charge in [-0.15, -0.1) is 0 Å². The van der Waals surface area contributed by atoms with Crippen LogP contribution in [0.25, 0.3) is 0 Å². The monoisotopic (exact) mass is 644 g/mol. The van der Waals surface area contributed by atoms with E-state index in [2.05, 4.69) is 57.3 Å². The molecule has 1 saturated heterocycles. The number of aromatic nitrogens is 3. The molecule has 35 heavy (non-hydrogen) atoms. The van der Waals surface area contributed by atoms with Crippen molar-refractivity contribution in [2.45, 2.75) is 6.61 Å². The lowest BCUT2D eigenvalue weighted by molar-refractivity contribution is 0.122. The third-order valence-corrected chi connectivity index (χ3v) is 6.51. The van der Waals surface area contributed by atoms with Crippen molar-refractivity contribution in [1.29, 1.82) is 0 Å². The molecule has 4 rings (SSSR count). The van der Waals surface area contributed by atoms with Gasteiger partial charge in [-0.3, -0.25) is 0 Å². The SMILES string of the molecule is COc1nc(NN=Cc2cc(Br)cc(Br)c2OCc2ccc(Cl)cc2Cl)nc(N2CCOCC2)n1. The Morgan fingerprint density at radius 2 is 1.94 bits per heavy atom. The Morgan fingerprint density at radius 1 is 1.14 bits per heavy atom. The zero-order chi connectivity index (χ0) is 24.8. The molecule has 0 aliphatic carbocycles. The Morgan fingerprint density at radius 3 is 2.69 bits per heavy atom. The second-order valence-electron chi connectivity index (χ2n) is 7.25. The van der Waals surface area contributed by atoms with Gasteiger partial charge < -0.3 is 19.1 Å². The first-order valence-corrected chi connectivity index (χ1v) is 12.7. The normalized spacial score (nSPS) is 13.8. The van der Waals surface area contributed by atoms with E-state index in [4.69, 9.17) is 37.4 Å². The lowest BCUT2D eigenvalue weighted by Gasteiger charge is -2.26. The predicted molar refractivity (Wildman–Crippen MR) is 143 cm³/mol. The molecule has 1 aromatic heterocycles. The number of nitrogens with one attached hydrogen (secondary N) is 1. The molecule has 1 aliphatic heterocycles. The molecule has 184 valence electrons. The van der Waals surface area contributed by atoms with Crippen LogP contribution in [0.15, 0.2) is 44.4 Å². The van der Waals surface area contributed by atoms with E-state index in [1.807, 2.05) is 23.1 Å². The predicted octanol–water partition coefficient (Wildman–Crippen LogP) is 5.57. The summed E-state index contributed by atoms with van der Waals surface area (Å²) in [6.45, 7) is 2.83. The van der Waals surface area contributed by atoms with Crippen LogP contribution in [0.3, 0.4) is 0 Å². The lowest BCUT2D eigenvalue weighted by Crippen LogP contribution is -2.37. The van der Waals surface area contributed by atoms with Crippen LogP contribution in [-0.2, 0) is 11.3 Å². The maximum absolute atomic E-state index is 6.29. The average molecular weight is 647 g/mol. The highest BCUT2D eigenvalue weighted by Crippen LogP contribution is 2.33. The van der Waals surface area contributed by atoms with Gasteiger partial charge in [0.15, 0.2) is 0 Å². The Balaban J connectivity index is 1.52. The molecular formula is C22H20Br2Cl2N6O3. The standard InChI is InChI=1S/C22H20Br2Cl2N6O3/c1-33-22-29-20(28-21(30-22)32-4-6-34-7-5-32)31-27-11-14-8-15(23)9-17(24)19(14)35-12-13-2-3-16(25)10-18(13)26/h2-3,8-11H,4-7,12H2,1H3,(H,28,29,30,31). The summed E-state index contributed by atoms with van der Waals surface area (Å²) in [6, 6.07) is 9.22. The number of ether oxygens (including phenoxy) is 3. The van der Waals surface area contributed by atoms with Crippen LogP contribution in [0, 0.1) is 0 Å². The Hall–Kier alpha value is -2.18. The van der Waals surface area contributed by atoms with Gasteiger partial charge >= 0.3 is 6.01 Å². The highest BCUT2D eigenvalue weighted by molar-refractivity contribution is 9.11. The van der Waals surface area contributed by atoms with Gasteiger partial charge in [0.05, 0.1) is 31.0 Å². The number of methoxy groups -OCH3 is 1. The van der Waals surface area contributed by atoms with E-state index in [1.165, 1.54) is 7.11 Å². The fraction of sp³-hybridized carbons (Fsp3) is 0.273. The molecule has 1 fully saturated rings. The molecular weight excluding hydrogens is 627 g/mol. The molecule has 2 heterocycles. The minimum absolute atomic E-state index is 0.188. The second kappa shape index (κ2) is 12.2. The number of rotatable bonds is 8. The summed E-state index contributed by atoms with van der Waals surface area (Å²) in [5.74, 6) is 1.33. The summed E-state index contributed by atoms with van der Waals surface area (Å²) in [5, 5.41) is 5.40. The molecule has 0 amide bonds. The van der Waals surface area contributed by atoms with Crippen LogP contribution in [0.2, 0.25) is 10.0 Å². The third-order valence-electron chi connectivity index (χ3n) is 4.87. The summed E-state index contributed by atoms with van der Waals surface area (Å²) in [4.78, 5) is 15.0. The van der Waals surface area contributed by atoms with E-state index >= 15 is 0 Å². The van der Waals surface area contributed by atoms with Crippen LogP contribution in [-0.4, -0.2) is 54.6 Å². The van der Waals surface area contributed by atoms with Gasteiger partial charge in [0, 0.05) is 38.7 Å². The lowest BCUT2D eigenvalue weighted by atomic mass is 10.2. The third kappa shape index (κ3) is 6.95. The molecule has 3 aromatic rings. The van der Waals surface area contributed by atoms with E-state index in [1.54, 1.807) is 18.3 Å². The molecule has 1 N–H and O–H groups in total. The number of hydrogen-bond acceptors (Lipinski definition) is 9. The summed E-state index contributed by atoms with van der Waals surface area (Å²) in [5.41, 5.74) is 4.36. The van der Waals surface area contributed by atoms with Crippen LogP contribution in [0.4, 0.5) is 11.9 Å². The zero-order valence-electron chi connectivity index (χ0n) is 18.5. The number of halogens is 4. The molecule has 0 saturated carbocycles. The minimum atomic E-state index is 0.188. The quantitative estimate of drug-likeness (QED) is 0.251. The first-order valence-electron chi connectivity index (χ1n) is 10.4. The largest absolute Gasteiger partial charge is 0.487 e. The fourth-order valence-corrected chi connectivity index (χ4v) is 5.00. The van der Waals surface area contributed by atoms with Crippen molar-refractivity contribution in [3.8, 4) is 11.8 Å². The van der Waals surface area contributed by atoms with Crippen molar-refractivity contribution < 1.29 is 14.2 Å². The van der Waals surface area contributed by atoms with E-state index in [-0.39, 0.29) is 18.6 Å². The molecule has 0 spiro atoms. The second-order valence-corrected chi connectivity index (χ2v) is 9.86. The molecule has 1 aliphatic rings. The molecule has 2 aromatic carbocycles. The Kier molecular flexibility index (Phi) is 9.01. The molecule has 0 radical (unpaired) electrons. The molecule has 0 unspecified atom stereocenters. The van der Waals surface area contributed by atoms with E-state index in [9.17, 15) is 0 Å². The topological polar surface area (TPSA) is 94.0 Å². The van der Waals surface area contributed by atoms with Crippen molar-refractivity contribution in [3.05, 3.63) is 60.4 Å². The first-order chi connectivity index (χ1) is 16.9. The van der Waals surface area contributed by atoms with Crippen molar-refractivity contribution in [2.75, 3.05) is 43.7 Å². The Labute approximate surface area is 229 Å². The van der Waals surface area contributed by atoms with Gasteiger partial charge in [0.2, 0.25) is 5.95 Å². The minimum Gasteiger partial charge on any atom is -0.487 e. The van der Waals surface area contributed by atoms with Gasteiger partial charge in [-0.05, 0) is 40.2 Å². The number of nitrogens with zero attached hydrogens (tertiary/aromatic N) is 5. The molecule has 13 heteroatoms. The van der Waals surface area contributed by atoms with Gasteiger partial charge in [-0.25, -0.2) is 5.43 Å². The van der Waals surface area contributed by atoms with Crippen molar-refractivity contribution in [2.24, 2.45) is 5.10 Å². The number of hydrazone groups is 1. The zero-order valence-corrected chi connectivity index (χ0v) is 23.2. The number of hydrogen-bond donors (Lipinski definition) is 1.